The minimum absolute atomic E-state index is 0.00575. The van der Waals surface area contributed by atoms with E-state index in [1.807, 2.05) is 4.90 Å². The van der Waals surface area contributed by atoms with Gasteiger partial charge in [0.05, 0.1) is 0 Å². The molecule has 1 aromatic rings. The van der Waals surface area contributed by atoms with Crippen molar-refractivity contribution in [1.29, 1.82) is 0 Å². The molecule has 5 nitrogen and oxygen atoms in total. The van der Waals surface area contributed by atoms with Crippen LogP contribution in [0.15, 0.2) is 24.3 Å². The number of carbonyl (C=O) groups excluding carboxylic acids is 2. The van der Waals surface area contributed by atoms with Crippen molar-refractivity contribution in [3.63, 3.8) is 0 Å². The van der Waals surface area contributed by atoms with E-state index in [1.54, 1.807) is 0 Å². The number of nitrogens with zero attached hydrogens (tertiary/aromatic N) is 1. The Morgan fingerprint density at radius 2 is 1.88 bits per heavy atom. The van der Waals surface area contributed by atoms with Gasteiger partial charge in [0.25, 0.3) is 0 Å². The van der Waals surface area contributed by atoms with Crippen LogP contribution in [0.5, 0.6) is 0 Å². The minimum Gasteiger partial charge on any atom is -0.356 e. The number of piperidine rings is 1. The predicted octanol–water partition coefficient (Wildman–Crippen LogP) is 2.62. The molecule has 3 amide bonds. The number of amides is 3. The maximum atomic E-state index is 12.4. The summed E-state index contributed by atoms with van der Waals surface area (Å²) in [5, 5.41) is 5.87. The summed E-state index contributed by atoms with van der Waals surface area (Å²) in [4.78, 5) is 25.3. The number of hydrogen-bond donors (Lipinski definition) is 2. The average Bonchev–Trinajstić information content (AvgIpc) is 3.43. The maximum Gasteiger partial charge on any atom is 0.317 e. The molecule has 2 N–H and O–H groups in total. The van der Waals surface area contributed by atoms with Crippen LogP contribution in [0.3, 0.4) is 0 Å². The molecular formula is C19H27N3O2. The number of benzene rings is 1. The summed E-state index contributed by atoms with van der Waals surface area (Å²) in [7, 11) is 0. The lowest BCUT2D eigenvalue weighted by atomic mass is 9.98. The van der Waals surface area contributed by atoms with Gasteiger partial charge in [0.2, 0.25) is 5.91 Å². The molecule has 1 unspecified atom stereocenters. The van der Waals surface area contributed by atoms with E-state index >= 15 is 0 Å². The summed E-state index contributed by atoms with van der Waals surface area (Å²) in [6.07, 6.45) is 4.68. The molecule has 1 atom stereocenters. The third kappa shape index (κ3) is 4.73. The van der Waals surface area contributed by atoms with Crippen LogP contribution in [0.4, 0.5) is 4.79 Å². The average molecular weight is 329 g/mol. The van der Waals surface area contributed by atoms with E-state index in [9.17, 15) is 9.59 Å². The Morgan fingerprint density at radius 3 is 2.54 bits per heavy atom. The molecule has 1 saturated heterocycles. The van der Waals surface area contributed by atoms with Gasteiger partial charge in [-0.05, 0) is 48.6 Å². The first-order valence-corrected chi connectivity index (χ1v) is 8.98. The second kappa shape index (κ2) is 7.69. The number of likely N-dealkylation sites (tertiary alicyclic amines) is 1. The molecule has 3 rings (SSSR count). The Morgan fingerprint density at radius 1 is 1.12 bits per heavy atom. The van der Waals surface area contributed by atoms with Crippen LogP contribution < -0.4 is 10.6 Å². The Bertz CT molecular complexity index is 581. The molecule has 130 valence electrons. The van der Waals surface area contributed by atoms with E-state index in [0.29, 0.717) is 25.6 Å². The second-order valence-electron chi connectivity index (χ2n) is 7.07. The van der Waals surface area contributed by atoms with Crippen molar-refractivity contribution in [2.45, 2.75) is 45.1 Å². The highest BCUT2D eigenvalue weighted by Crippen LogP contribution is 2.39. The van der Waals surface area contributed by atoms with Gasteiger partial charge in [0.15, 0.2) is 0 Å². The molecule has 0 bridgehead atoms. The first-order valence-electron chi connectivity index (χ1n) is 8.98. The molecule has 1 aliphatic heterocycles. The lowest BCUT2D eigenvalue weighted by molar-refractivity contribution is -0.119. The number of carbonyl (C=O) groups is 2. The van der Waals surface area contributed by atoms with E-state index in [4.69, 9.17) is 0 Å². The summed E-state index contributed by atoms with van der Waals surface area (Å²) < 4.78 is 0. The quantitative estimate of drug-likeness (QED) is 0.872. The molecule has 0 radical (unpaired) electrons. The number of hydrogen-bond acceptors (Lipinski definition) is 2. The molecule has 24 heavy (non-hydrogen) atoms. The molecule has 5 heteroatoms. The molecule has 0 aromatic heterocycles. The Hall–Kier alpha value is -2.04. The van der Waals surface area contributed by atoms with Crippen LogP contribution in [0.1, 0.15) is 49.7 Å². The van der Waals surface area contributed by atoms with E-state index in [2.05, 4.69) is 34.9 Å². The standard InChI is InChI=1S/C19H27N3O2/c1-14(23)20-12-16-3-2-10-22(13-16)19(24)21-11-15-4-6-17(7-5-15)18-8-9-18/h4-7,16,18H,2-3,8-13H2,1H3,(H,20,23)(H,21,24). The Labute approximate surface area is 143 Å². The fraction of sp³-hybridized carbons (Fsp3) is 0.579. The highest BCUT2D eigenvalue weighted by Gasteiger charge is 2.24. The molecule has 1 aliphatic carbocycles. The first kappa shape index (κ1) is 16.8. The zero-order chi connectivity index (χ0) is 16.9. The van der Waals surface area contributed by atoms with Crippen LogP contribution in [-0.2, 0) is 11.3 Å². The summed E-state index contributed by atoms with van der Waals surface area (Å²) >= 11 is 0. The van der Waals surface area contributed by atoms with Crippen molar-refractivity contribution in [2.24, 2.45) is 5.92 Å². The van der Waals surface area contributed by atoms with Gasteiger partial charge in [-0.3, -0.25) is 4.79 Å². The third-order valence-electron chi connectivity index (χ3n) is 4.92. The van der Waals surface area contributed by atoms with Gasteiger partial charge in [-0.2, -0.15) is 0 Å². The van der Waals surface area contributed by atoms with Gasteiger partial charge in [0, 0.05) is 33.1 Å². The lowest BCUT2D eigenvalue weighted by Crippen LogP contribution is -2.47. The Balaban J connectivity index is 1.44. The predicted molar refractivity (Wildman–Crippen MR) is 93.6 cm³/mol. The van der Waals surface area contributed by atoms with Gasteiger partial charge in [0.1, 0.15) is 0 Å². The summed E-state index contributed by atoms with van der Waals surface area (Å²) in [6, 6.07) is 8.59. The van der Waals surface area contributed by atoms with Gasteiger partial charge in [-0.15, -0.1) is 0 Å². The first-order chi connectivity index (χ1) is 11.6. The van der Waals surface area contributed by atoms with Crippen molar-refractivity contribution in [3.05, 3.63) is 35.4 Å². The summed E-state index contributed by atoms with van der Waals surface area (Å²) in [6.45, 7) is 4.26. The van der Waals surface area contributed by atoms with E-state index in [1.165, 1.54) is 25.3 Å². The largest absolute Gasteiger partial charge is 0.356 e. The van der Waals surface area contributed by atoms with Gasteiger partial charge >= 0.3 is 6.03 Å². The number of urea groups is 1. The third-order valence-corrected chi connectivity index (χ3v) is 4.92. The Kier molecular flexibility index (Phi) is 5.38. The smallest absolute Gasteiger partial charge is 0.317 e. The van der Waals surface area contributed by atoms with Crippen molar-refractivity contribution < 1.29 is 9.59 Å². The zero-order valence-corrected chi connectivity index (χ0v) is 14.4. The van der Waals surface area contributed by atoms with Crippen LogP contribution in [0.2, 0.25) is 0 Å². The van der Waals surface area contributed by atoms with Gasteiger partial charge in [-0.25, -0.2) is 4.79 Å². The molecule has 1 aromatic carbocycles. The van der Waals surface area contributed by atoms with Crippen LogP contribution in [-0.4, -0.2) is 36.5 Å². The fourth-order valence-electron chi connectivity index (χ4n) is 3.32. The number of nitrogens with one attached hydrogen (secondary N) is 2. The summed E-state index contributed by atoms with van der Waals surface area (Å²) in [5.41, 5.74) is 2.56. The second-order valence-corrected chi connectivity index (χ2v) is 7.07. The molecule has 0 spiro atoms. The summed E-state index contributed by atoms with van der Waals surface area (Å²) in [5.74, 6) is 1.11. The van der Waals surface area contributed by atoms with E-state index in [0.717, 1.165) is 30.9 Å². The normalized spacial score (nSPS) is 20.5. The van der Waals surface area contributed by atoms with Gasteiger partial charge in [-0.1, -0.05) is 24.3 Å². The van der Waals surface area contributed by atoms with Crippen molar-refractivity contribution >= 4 is 11.9 Å². The van der Waals surface area contributed by atoms with Crippen molar-refractivity contribution in [2.75, 3.05) is 19.6 Å². The van der Waals surface area contributed by atoms with Gasteiger partial charge < -0.3 is 15.5 Å². The molecule has 1 heterocycles. The highest BCUT2D eigenvalue weighted by molar-refractivity contribution is 5.74. The van der Waals surface area contributed by atoms with E-state index in [-0.39, 0.29) is 11.9 Å². The van der Waals surface area contributed by atoms with E-state index < -0.39 is 0 Å². The van der Waals surface area contributed by atoms with Crippen LogP contribution >= 0.6 is 0 Å². The monoisotopic (exact) mass is 329 g/mol. The molecule has 2 aliphatic rings. The maximum absolute atomic E-state index is 12.4. The molecule has 2 fully saturated rings. The number of rotatable bonds is 5. The van der Waals surface area contributed by atoms with Crippen molar-refractivity contribution in [1.82, 2.24) is 15.5 Å². The van der Waals surface area contributed by atoms with Crippen molar-refractivity contribution in [3.8, 4) is 0 Å². The van der Waals surface area contributed by atoms with Crippen LogP contribution in [0, 0.1) is 5.92 Å². The minimum atomic E-state index is -0.00813. The molecule has 1 saturated carbocycles. The lowest BCUT2D eigenvalue weighted by Gasteiger charge is -2.32. The SMILES string of the molecule is CC(=O)NCC1CCCN(C(=O)NCc2ccc(C3CC3)cc2)C1. The fourth-order valence-corrected chi connectivity index (χ4v) is 3.32. The zero-order valence-electron chi connectivity index (χ0n) is 14.4. The van der Waals surface area contributed by atoms with Crippen LogP contribution in [0.25, 0.3) is 0 Å². The highest BCUT2D eigenvalue weighted by atomic mass is 16.2. The topological polar surface area (TPSA) is 61.4 Å². The molecular weight excluding hydrogens is 302 g/mol.